The molecule has 22 heavy (non-hydrogen) atoms. The molecule has 0 saturated heterocycles. The zero-order valence-corrected chi connectivity index (χ0v) is 12.7. The second-order valence-corrected chi connectivity index (χ2v) is 5.23. The van der Waals surface area contributed by atoms with Crippen molar-refractivity contribution in [2.45, 2.75) is 6.42 Å². The molecular weight excluding hydrogens is 330 g/mol. The van der Waals surface area contributed by atoms with Gasteiger partial charge in [0.1, 0.15) is 5.82 Å². The van der Waals surface area contributed by atoms with Gasteiger partial charge in [0.15, 0.2) is 0 Å². The molecule has 0 saturated carbocycles. The van der Waals surface area contributed by atoms with Gasteiger partial charge in [0.2, 0.25) is 5.91 Å². The molecule has 2 rings (SSSR count). The molecule has 0 bridgehead atoms. The summed E-state index contributed by atoms with van der Waals surface area (Å²) in [6.45, 7) is 0. The standard InChI is InChI=1S/C15H11Cl2FN2O2/c16-10-4-1-3-9(7-10)15(22)20-19-14(21)8-11-12(17)5-2-6-13(11)18/h1-7H,8H2,(H,19,21)(H,20,22). The highest BCUT2D eigenvalue weighted by molar-refractivity contribution is 6.31. The van der Waals surface area contributed by atoms with E-state index in [1.165, 1.54) is 24.3 Å². The first-order chi connectivity index (χ1) is 10.5. The molecule has 0 aliphatic carbocycles. The summed E-state index contributed by atoms with van der Waals surface area (Å²) >= 11 is 11.6. The van der Waals surface area contributed by atoms with Crippen LogP contribution in [0.15, 0.2) is 42.5 Å². The number of benzene rings is 2. The van der Waals surface area contributed by atoms with E-state index in [-0.39, 0.29) is 22.6 Å². The number of hydrogen-bond acceptors (Lipinski definition) is 2. The van der Waals surface area contributed by atoms with Crippen LogP contribution >= 0.6 is 23.2 Å². The zero-order chi connectivity index (χ0) is 16.1. The molecule has 4 nitrogen and oxygen atoms in total. The molecule has 2 N–H and O–H groups in total. The van der Waals surface area contributed by atoms with Crippen molar-refractivity contribution in [1.82, 2.24) is 10.9 Å². The number of hydrogen-bond donors (Lipinski definition) is 2. The molecule has 114 valence electrons. The summed E-state index contributed by atoms with van der Waals surface area (Å²) < 4.78 is 13.6. The van der Waals surface area contributed by atoms with Crippen molar-refractivity contribution in [1.29, 1.82) is 0 Å². The van der Waals surface area contributed by atoms with E-state index in [0.29, 0.717) is 5.02 Å². The smallest absolute Gasteiger partial charge is 0.269 e. The highest BCUT2D eigenvalue weighted by Gasteiger charge is 2.13. The van der Waals surface area contributed by atoms with Gasteiger partial charge in [-0.05, 0) is 30.3 Å². The van der Waals surface area contributed by atoms with E-state index >= 15 is 0 Å². The topological polar surface area (TPSA) is 58.2 Å². The zero-order valence-electron chi connectivity index (χ0n) is 11.2. The normalized spacial score (nSPS) is 10.1. The fourth-order valence-corrected chi connectivity index (χ4v) is 2.15. The maximum absolute atomic E-state index is 13.6. The number of halogens is 3. The first-order valence-corrected chi connectivity index (χ1v) is 7.00. The Labute approximate surface area is 136 Å². The first-order valence-electron chi connectivity index (χ1n) is 6.25. The third-order valence-electron chi connectivity index (χ3n) is 2.80. The van der Waals surface area contributed by atoms with E-state index in [2.05, 4.69) is 10.9 Å². The van der Waals surface area contributed by atoms with Gasteiger partial charge in [0, 0.05) is 21.2 Å². The van der Waals surface area contributed by atoms with Crippen LogP contribution in [0.1, 0.15) is 15.9 Å². The monoisotopic (exact) mass is 340 g/mol. The molecule has 0 spiro atoms. The van der Waals surface area contributed by atoms with Gasteiger partial charge < -0.3 is 0 Å². The van der Waals surface area contributed by atoms with Crippen molar-refractivity contribution in [3.63, 3.8) is 0 Å². The third kappa shape index (κ3) is 4.19. The Bertz CT molecular complexity index is 702. The quantitative estimate of drug-likeness (QED) is 0.843. The minimum atomic E-state index is -0.595. The number of carbonyl (C=O) groups is 2. The van der Waals surface area contributed by atoms with E-state index in [9.17, 15) is 14.0 Å². The molecule has 0 aliphatic rings. The first kappa shape index (κ1) is 16.3. The fourth-order valence-electron chi connectivity index (χ4n) is 1.73. The number of rotatable bonds is 3. The summed E-state index contributed by atoms with van der Waals surface area (Å²) in [7, 11) is 0. The van der Waals surface area contributed by atoms with Crippen molar-refractivity contribution in [2.24, 2.45) is 0 Å². The molecular formula is C15H11Cl2FN2O2. The van der Waals surface area contributed by atoms with Gasteiger partial charge in [0.05, 0.1) is 6.42 Å². The minimum Gasteiger partial charge on any atom is -0.273 e. The second kappa shape index (κ2) is 7.24. The Hall–Kier alpha value is -2.11. The SMILES string of the molecule is O=C(Cc1c(F)cccc1Cl)NNC(=O)c1cccc(Cl)c1. The van der Waals surface area contributed by atoms with Gasteiger partial charge in [-0.2, -0.15) is 0 Å². The lowest BCUT2D eigenvalue weighted by atomic mass is 10.1. The predicted octanol–water partition coefficient (Wildman–Crippen LogP) is 3.14. The van der Waals surface area contributed by atoms with Crippen molar-refractivity contribution in [2.75, 3.05) is 0 Å². The molecule has 7 heteroatoms. The highest BCUT2D eigenvalue weighted by atomic mass is 35.5. The predicted molar refractivity (Wildman–Crippen MR) is 82.2 cm³/mol. The van der Waals surface area contributed by atoms with Gasteiger partial charge in [-0.3, -0.25) is 20.4 Å². The van der Waals surface area contributed by atoms with Crippen molar-refractivity contribution in [3.8, 4) is 0 Å². The summed E-state index contributed by atoms with van der Waals surface area (Å²) in [5, 5.41) is 0.549. The third-order valence-corrected chi connectivity index (χ3v) is 3.39. The lowest BCUT2D eigenvalue weighted by Crippen LogP contribution is -2.42. The summed E-state index contributed by atoms with van der Waals surface area (Å²) in [4.78, 5) is 23.5. The Balaban J connectivity index is 1.94. The van der Waals surface area contributed by atoms with E-state index in [4.69, 9.17) is 23.2 Å². The molecule has 0 fully saturated rings. The number of amides is 2. The van der Waals surface area contributed by atoms with Gasteiger partial charge in [-0.25, -0.2) is 4.39 Å². The van der Waals surface area contributed by atoms with E-state index in [1.54, 1.807) is 18.2 Å². The van der Waals surface area contributed by atoms with Gasteiger partial charge in [-0.1, -0.05) is 35.3 Å². The lowest BCUT2D eigenvalue weighted by molar-refractivity contribution is -0.121. The van der Waals surface area contributed by atoms with Crippen LogP contribution in [0.3, 0.4) is 0 Å². The van der Waals surface area contributed by atoms with Crippen LogP contribution in [0.25, 0.3) is 0 Å². The summed E-state index contributed by atoms with van der Waals surface area (Å²) in [5.74, 6) is -1.71. The van der Waals surface area contributed by atoms with E-state index in [0.717, 1.165) is 0 Å². The van der Waals surface area contributed by atoms with Crippen LogP contribution in [-0.2, 0) is 11.2 Å². The Kier molecular flexibility index (Phi) is 5.35. The minimum absolute atomic E-state index is 0.0682. The van der Waals surface area contributed by atoms with Crippen molar-refractivity contribution in [3.05, 3.63) is 69.5 Å². The van der Waals surface area contributed by atoms with Gasteiger partial charge in [0.25, 0.3) is 5.91 Å². The lowest BCUT2D eigenvalue weighted by Gasteiger charge is -2.09. The molecule has 0 unspecified atom stereocenters. The molecule has 0 atom stereocenters. The van der Waals surface area contributed by atoms with Gasteiger partial charge in [-0.15, -0.1) is 0 Å². The van der Waals surface area contributed by atoms with Crippen molar-refractivity contribution >= 4 is 35.0 Å². The summed E-state index contributed by atoms with van der Waals surface area (Å²) in [6, 6.07) is 10.4. The Morgan fingerprint density at radius 3 is 2.45 bits per heavy atom. The molecule has 2 aromatic rings. The summed E-state index contributed by atoms with van der Waals surface area (Å²) in [6.07, 6.45) is -0.290. The molecule has 2 amide bonds. The number of carbonyl (C=O) groups excluding carboxylic acids is 2. The summed E-state index contributed by atoms with van der Waals surface area (Å²) in [5.41, 5.74) is 4.78. The maximum atomic E-state index is 13.6. The molecule has 0 aliphatic heterocycles. The van der Waals surface area contributed by atoms with Crippen LogP contribution in [-0.4, -0.2) is 11.8 Å². The number of hydrazine groups is 1. The van der Waals surface area contributed by atoms with E-state index < -0.39 is 17.6 Å². The van der Waals surface area contributed by atoms with Gasteiger partial charge >= 0.3 is 0 Å². The van der Waals surface area contributed by atoms with Crippen LogP contribution in [0.5, 0.6) is 0 Å². The molecule has 0 aromatic heterocycles. The number of nitrogens with one attached hydrogen (secondary N) is 2. The maximum Gasteiger partial charge on any atom is 0.269 e. The highest BCUT2D eigenvalue weighted by Crippen LogP contribution is 2.19. The molecule has 0 heterocycles. The second-order valence-electron chi connectivity index (χ2n) is 4.39. The van der Waals surface area contributed by atoms with Crippen LogP contribution in [0, 0.1) is 5.82 Å². The van der Waals surface area contributed by atoms with E-state index in [1.807, 2.05) is 0 Å². The molecule has 2 aromatic carbocycles. The van der Waals surface area contributed by atoms with Crippen LogP contribution in [0.2, 0.25) is 10.0 Å². The average molecular weight is 341 g/mol. The average Bonchev–Trinajstić information content (AvgIpc) is 2.48. The molecule has 0 radical (unpaired) electrons. The Morgan fingerprint density at radius 1 is 1.05 bits per heavy atom. The van der Waals surface area contributed by atoms with Crippen LogP contribution < -0.4 is 10.9 Å². The van der Waals surface area contributed by atoms with Crippen molar-refractivity contribution < 1.29 is 14.0 Å². The fraction of sp³-hybridized carbons (Fsp3) is 0.0667. The largest absolute Gasteiger partial charge is 0.273 e. The van der Waals surface area contributed by atoms with Crippen LogP contribution in [0.4, 0.5) is 4.39 Å². The Morgan fingerprint density at radius 2 is 1.77 bits per heavy atom.